The van der Waals surface area contributed by atoms with Gasteiger partial charge in [-0.3, -0.25) is 4.79 Å². The highest BCUT2D eigenvalue weighted by Gasteiger charge is 2.02. The molecule has 110 valence electrons. The molecular formula is C17H12BrFN2O. The first-order valence-corrected chi connectivity index (χ1v) is 7.28. The molecule has 0 aromatic heterocycles. The molecule has 0 saturated carbocycles. The Balaban J connectivity index is 2.02. The molecule has 0 spiro atoms. The SMILES string of the molecule is N#CCc1ccc(NC(=O)/C=C/c2cc(Br)ccc2F)cc1. The van der Waals surface area contributed by atoms with Gasteiger partial charge in [0.25, 0.3) is 0 Å². The summed E-state index contributed by atoms with van der Waals surface area (Å²) >= 11 is 3.25. The van der Waals surface area contributed by atoms with Crippen molar-refractivity contribution in [3.05, 3.63) is 70.0 Å². The molecule has 1 amide bonds. The molecule has 0 saturated heterocycles. The maximum atomic E-state index is 13.5. The van der Waals surface area contributed by atoms with Crippen molar-refractivity contribution in [2.45, 2.75) is 6.42 Å². The fourth-order valence-corrected chi connectivity index (χ4v) is 2.17. The van der Waals surface area contributed by atoms with E-state index in [-0.39, 0.29) is 5.91 Å². The third-order valence-electron chi connectivity index (χ3n) is 2.88. The van der Waals surface area contributed by atoms with Crippen LogP contribution in [0.15, 0.2) is 53.0 Å². The number of nitrogens with zero attached hydrogens (tertiary/aromatic N) is 1. The lowest BCUT2D eigenvalue weighted by Crippen LogP contribution is -2.07. The van der Waals surface area contributed by atoms with Crippen molar-refractivity contribution in [2.75, 3.05) is 5.32 Å². The van der Waals surface area contributed by atoms with Crippen LogP contribution >= 0.6 is 15.9 Å². The van der Waals surface area contributed by atoms with E-state index in [1.54, 1.807) is 36.4 Å². The predicted molar refractivity (Wildman–Crippen MR) is 87.5 cm³/mol. The number of nitriles is 1. The van der Waals surface area contributed by atoms with E-state index in [2.05, 4.69) is 27.3 Å². The van der Waals surface area contributed by atoms with Crippen molar-refractivity contribution in [3.63, 3.8) is 0 Å². The maximum Gasteiger partial charge on any atom is 0.248 e. The molecule has 2 aromatic carbocycles. The van der Waals surface area contributed by atoms with E-state index in [0.717, 1.165) is 10.0 Å². The lowest BCUT2D eigenvalue weighted by molar-refractivity contribution is -0.111. The zero-order chi connectivity index (χ0) is 15.9. The predicted octanol–water partition coefficient (Wildman–Crippen LogP) is 4.31. The maximum absolute atomic E-state index is 13.5. The zero-order valence-electron chi connectivity index (χ0n) is 11.5. The largest absolute Gasteiger partial charge is 0.323 e. The summed E-state index contributed by atoms with van der Waals surface area (Å²) in [5, 5.41) is 11.3. The molecule has 0 bridgehead atoms. The highest BCUT2D eigenvalue weighted by Crippen LogP contribution is 2.17. The quantitative estimate of drug-likeness (QED) is 0.828. The van der Waals surface area contributed by atoms with Crippen LogP contribution in [0.4, 0.5) is 10.1 Å². The molecule has 0 aliphatic rings. The molecule has 2 rings (SSSR count). The smallest absolute Gasteiger partial charge is 0.248 e. The van der Waals surface area contributed by atoms with Gasteiger partial charge in [0.2, 0.25) is 5.91 Å². The van der Waals surface area contributed by atoms with Gasteiger partial charge in [-0.25, -0.2) is 4.39 Å². The second-order valence-electron chi connectivity index (χ2n) is 4.52. The molecule has 0 atom stereocenters. The number of nitrogens with one attached hydrogen (secondary N) is 1. The van der Waals surface area contributed by atoms with E-state index in [9.17, 15) is 9.18 Å². The number of carbonyl (C=O) groups is 1. The topological polar surface area (TPSA) is 52.9 Å². The normalized spacial score (nSPS) is 10.4. The van der Waals surface area contributed by atoms with Crippen LogP contribution in [0.25, 0.3) is 6.08 Å². The van der Waals surface area contributed by atoms with Crippen molar-refractivity contribution >= 4 is 33.6 Å². The second-order valence-corrected chi connectivity index (χ2v) is 5.44. The summed E-state index contributed by atoms with van der Waals surface area (Å²) in [4.78, 5) is 11.8. The Morgan fingerprint density at radius 1 is 1.27 bits per heavy atom. The lowest BCUT2D eigenvalue weighted by atomic mass is 10.1. The Morgan fingerprint density at radius 3 is 2.68 bits per heavy atom. The van der Waals surface area contributed by atoms with E-state index >= 15 is 0 Å². The molecule has 0 unspecified atom stereocenters. The molecule has 0 radical (unpaired) electrons. The fraction of sp³-hybridized carbons (Fsp3) is 0.0588. The fourth-order valence-electron chi connectivity index (χ4n) is 1.79. The Bertz CT molecular complexity index is 748. The van der Waals surface area contributed by atoms with E-state index in [0.29, 0.717) is 17.7 Å². The summed E-state index contributed by atoms with van der Waals surface area (Å²) in [5.74, 6) is -0.750. The van der Waals surface area contributed by atoms with Crippen molar-refractivity contribution in [1.82, 2.24) is 0 Å². The summed E-state index contributed by atoms with van der Waals surface area (Å²) in [5.41, 5.74) is 1.83. The minimum Gasteiger partial charge on any atom is -0.323 e. The molecule has 0 aliphatic carbocycles. The molecule has 3 nitrogen and oxygen atoms in total. The van der Waals surface area contributed by atoms with Crippen LogP contribution < -0.4 is 5.32 Å². The summed E-state index contributed by atoms with van der Waals surface area (Å²) in [6, 6.07) is 13.6. The molecule has 0 aliphatic heterocycles. The molecule has 5 heteroatoms. The van der Waals surface area contributed by atoms with Crippen molar-refractivity contribution in [1.29, 1.82) is 5.26 Å². The van der Waals surface area contributed by atoms with Crippen molar-refractivity contribution < 1.29 is 9.18 Å². The Morgan fingerprint density at radius 2 is 2.00 bits per heavy atom. The third kappa shape index (κ3) is 4.54. The molecule has 2 aromatic rings. The van der Waals surface area contributed by atoms with Crippen LogP contribution in [0, 0.1) is 17.1 Å². The summed E-state index contributed by atoms with van der Waals surface area (Å²) < 4.78 is 14.3. The van der Waals surface area contributed by atoms with Gasteiger partial charge in [-0.05, 0) is 42.0 Å². The Hall–Kier alpha value is -2.45. The molecule has 22 heavy (non-hydrogen) atoms. The van der Waals surface area contributed by atoms with Gasteiger partial charge in [0.05, 0.1) is 12.5 Å². The van der Waals surface area contributed by atoms with Crippen LogP contribution in [-0.4, -0.2) is 5.91 Å². The van der Waals surface area contributed by atoms with Crippen LogP contribution in [0.2, 0.25) is 0 Å². The van der Waals surface area contributed by atoms with E-state index < -0.39 is 5.82 Å². The summed E-state index contributed by atoms with van der Waals surface area (Å²) in [6.45, 7) is 0. The van der Waals surface area contributed by atoms with Gasteiger partial charge >= 0.3 is 0 Å². The van der Waals surface area contributed by atoms with Gasteiger partial charge < -0.3 is 5.32 Å². The first kappa shape index (κ1) is 15.9. The molecule has 0 heterocycles. The molecule has 0 fully saturated rings. The number of amides is 1. The lowest BCUT2D eigenvalue weighted by Gasteiger charge is -2.03. The number of hydrogen-bond acceptors (Lipinski definition) is 2. The first-order chi connectivity index (χ1) is 10.6. The van der Waals surface area contributed by atoms with Gasteiger partial charge in [-0.1, -0.05) is 28.1 Å². The first-order valence-electron chi connectivity index (χ1n) is 6.48. The summed E-state index contributed by atoms with van der Waals surface area (Å²) in [6.07, 6.45) is 3.02. The number of rotatable bonds is 4. The number of carbonyl (C=O) groups excluding carboxylic acids is 1. The monoisotopic (exact) mass is 358 g/mol. The van der Waals surface area contributed by atoms with E-state index in [4.69, 9.17) is 5.26 Å². The van der Waals surface area contributed by atoms with Crippen LogP contribution in [-0.2, 0) is 11.2 Å². The highest BCUT2D eigenvalue weighted by molar-refractivity contribution is 9.10. The number of halogens is 2. The number of hydrogen-bond donors (Lipinski definition) is 1. The second kappa shape index (κ2) is 7.53. The number of benzene rings is 2. The average molecular weight is 359 g/mol. The van der Waals surface area contributed by atoms with Gasteiger partial charge in [0.15, 0.2) is 0 Å². The highest BCUT2D eigenvalue weighted by atomic mass is 79.9. The Labute approximate surface area is 136 Å². The minimum atomic E-state index is -0.395. The van der Waals surface area contributed by atoms with Gasteiger partial charge in [-0.15, -0.1) is 0 Å². The van der Waals surface area contributed by atoms with Crippen LogP contribution in [0.3, 0.4) is 0 Å². The Kier molecular flexibility index (Phi) is 5.45. The zero-order valence-corrected chi connectivity index (χ0v) is 13.1. The standard InChI is InChI=1S/C17H12BrFN2O/c18-14-4-7-16(19)13(11-14)3-8-17(22)21-15-5-1-12(2-6-15)9-10-20/h1-8,11H,9H2,(H,21,22)/b8-3+. The van der Waals surface area contributed by atoms with Crippen molar-refractivity contribution in [2.24, 2.45) is 0 Å². The molecular weight excluding hydrogens is 347 g/mol. The molecule has 1 N–H and O–H groups in total. The average Bonchev–Trinajstić information content (AvgIpc) is 2.50. The van der Waals surface area contributed by atoms with E-state index in [1.807, 2.05) is 0 Å². The van der Waals surface area contributed by atoms with Crippen LogP contribution in [0.5, 0.6) is 0 Å². The van der Waals surface area contributed by atoms with Gasteiger partial charge in [-0.2, -0.15) is 5.26 Å². The van der Waals surface area contributed by atoms with Crippen LogP contribution in [0.1, 0.15) is 11.1 Å². The van der Waals surface area contributed by atoms with Gasteiger partial charge in [0, 0.05) is 21.8 Å². The van der Waals surface area contributed by atoms with Crippen molar-refractivity contribution in [3.8, 4) is 6.07 Å². The summed E-state index contributed by atoms with van der Waals surface area (Å²) in [7, 11) is 0. The third-order valence-corrected chi connectivity index (χ3v) is 3.37. The van der Waals surface area contributed by atoms with Gasteiger partial charge in [0.1, 0.15) is 5.82 Å². The number of anilines is 1. The van der Waals surface area contributed by atoms with E-state index in [1.165, 1.54) is 18.2 Å². The minimum absolute atomic E-state index is 0.328.